The molecule has 1 N–H and O–H groups in total. The number of nitrogens with one attached hydrogen (secondary N) is 1. The van der Waals surface area contributed by atoms with Crippen LogP contribution < -0.4 is 5.32 Å². The number of amides is 1. The summed E-state index contributed by atoms with van der Waals surface area (Å²) in [5, 5.41) is 8.23. The van der Waals surface area contributed by atoms with Gasteiger partial charge in [-0.1, -0.05) is 29.8 Å². The van der Waals surface area contributed by atoms with Crippen molar-refractivity contribution in [3.05, 3.63) is 76.7 Å². The second kappa shape index (κ2) is 6.90. The average molecular weight is 371 g/mol. The molecule has 0 aliphatic carbocycles. The minimum absolute atomic E-state index is 0.0181. The van der Waals surface area contributed by atoms with Gasteiger partial charge in [-0.15, -0.1) is 11.8 Å². The molecule has 0 radical (unpaired) electrons. The summed E-state index contributed by atoms with van der Waals surface area (Å²) >= 11 is 7.54. The number of halogens is 1. The quantitative estimate of drug-likeness (QED) is 0.762. The first-order chi connectivity index (χ1) is 12.2. The minimum Gasteiger partial charge on any atom is -0.310 e. The zero-order valence-electron chi connectivity index (χ0n) is 13.2. The molecule has 1 atom stereocenters. The molecule has 1 aliphatic heterocycles. The summed E-state index contributed by atoms with van der Waals surface area (Å²) in [5.41, 5.74) is 3.13. The van der Waals surface area contributed by atoms with Gasteiger partial charge in [0.15, 0.2) is 0 Å². The monoisotopic (exact) mass is 370 g/mol. The Morgan fingerprint density at radius 1 is 1.24 bits per heavy atom. The first kappa shape index (κ1) is 16.2. The first-order valence-electron chi connectivity index (χ1n) is 7.82. The number of carbonyl (C=O) groups is 1. The van der Waals surface area contributed by atoms with Crippen molar-refractivity contribution in [2.24, 2.45) is 0 Å². The molecule has 4 rings (SSSR count). The molecule has 25 heavy (non-hydrogen) atoms. The van der Waals surface area contributed by atoms with Crippen molar-refractivity contribution in [3.8, 4) is 0 Å². The van der Waals surface area contributed by atoms with Gasteiger partial charge in [-0.05, 0) is 29.3 Å². The Bertz CT molecular complexity index is 895. The fraction of sp³-hybridized carbons (Fsp3) is 0.167. The van der Waals surface area contributed by atoms with Crippen LogP contribution in [0.4, 0.5) is 5.82 Å². The molecule has 1 aromatic carbocycles. The second-order valence-electron chi connectivity index (χ2n) is 5.76. The summed E-state index contributed by atoms with van der Waals surface area (Å²) in [4.78, 5) is 16.4. The maximum atomic E-state index is 12.2. The lowest BCUT2D eigenvalue weighted by molar-refractivity contribution is -0.113. The Morgan fingerprint density at radius 3 is 2.84 bits per heavy atom. The van der Waals surface area contributed by atoms with Crippen LogP contribution in [0.15, 0.2) is 55.0 Å². The van der Waals surface area contributed by atoms with Gasteiger partial charge >= 0.3 is 0 Å². The van der Waals surface area contributed by atoms with E-state index >= 15 is 0 Å². The standard InChI is InChI=1S/C18H15ClN4OS/c19-14-5-3-12(4-6-14)10-23-18-15(9-21-23)17(25-11-16(24)22-18)13-2-1-7-20-8-13/h1-9,17H,10-11H2,(H,22,24)/t17-/m0/s1. The lowest BCUT2D eigenvalue weighted by atomic mass is 10.1. The van der Waals surface area contributed by atoms with E-state index in [1.54, 1.807) is 18.0 Å². The predicted octanol–water partition coefficient (Wildman–Crippen LogP) is 3.75. The molecule has 0 fully saturated rings. The van der Waals surface area contributed by atoms with E-state index in [0.717, 1.165) is 22.5 Å². The fourth-order valence-electron chi connectivity index (χ4n) is 2.83. The summed E-state index contributed by atoms with van der Waals surface area (Å²) in [6, 6.07) is 11.6. The van der Waals surface area contributed by atoms with E-state index in [0.29, 0.717) is 17.3 Å². The van der Waals surface area contributed by atoms with E-state index in [1.807, 2.05) is 53.5 Å². The first-order valence-corrected chi connectivity index (χ1v) is 9.25. The molecule has 3 aromatic rings. The van der Waals surface area contributed by atoms with Crippen molar-refractivity contribution in [2.75, 3.05) is 11.1 Å². The highest BCUT2D eigenvalue weighted by Crippen LogP contribution is 2.41. The molecule has 0 unspecified atom stereocenters. The number of carbonyl (C=O) groups excluding carboxylic acids is 1. The number of fused-ring (bicyclic) bond motifs is 1. The molecular formula is C18H15ClN4OS. The third kappa shape index (κ3) is 3.41. The largest absolute Gasteiger partial charge is 0.310 e. The smallest absolute Gasteiger partial charge is 0.235 e. The number of hydrogen-bond acceptors (Lipinski definition) is 4. The topological polar surface area (TPSA) is 59.8 Å². The van der Waals surface area contributed by atoms with E-state index < -0.39 is 0 Å². The molecular weight excluding hydrogens is 356 g/mol. The van der Waals surface area contributed by atoms with Crippen LogP contribution in [0.25, 0.3) is 0 Å². The molecule has 1 aliphatic rings. The summed E-state index contributed by atoms with van der Waals surface area (Å²) in [7, 11) is 0. The number of hydrogen-bond donors (Lipinski definition) is 1. The molecule has 0 saturated heterocycles. The van der Waals surface area contributed by atoms with E-state index in [1.165, 1.54) is 0 Å². The Labute approximate surface area is 154 Å². The van der Waals surface area contributed by atoms with Crippen LogP contribution in [-0.4, -0.2) is 26.4 Å². The SMILES string of the molecule is O=C1CS[C@@H](c2cccnc2)c2cnn(Cc3ccc(Cl)cc3)c2N1. The maximum absolute atomic E-state index is 12.2. The molecule has 1 amide bonds. The number of thioether (sulfide) groups is 1. The van der Waals surface area contributed by atoms with Crippen LogP contribution in [0, 0.1) is 0 Å². The molecule has 126 valence electrons. The number of benzene rings is 1. The van der Waals surface area contributed by atoms with Crippen LogP contribution in [0.2, 0.25) is 5.02 Å². The van der Waals surface area contributed by atoms with Crippen LogP contribution in [-0.2, 0) is 11.3 Å². The zero-order valence-corrected chi connectivity index (χ0v) is 14.8. The van der Waals surface area contributed by atoms with Crippen molar-refractivity contribution in [1.29, 1.82) is 0 Å². The molecule has 0 spiro atoms. The molecule has 0 bridgehead atoms. The van der Waals surface area contributed by atoms with Gasteiger partial charge in [-0.2, -0.15) is 5.10 Å². The predicted molar refractivity (Wildman–Crippen MR) is 99.9 cm³/mol. The summed E-state index contributed by atoms with van der Waals surface area (Å²) in [6.07, 6.45) is 5.43. The minimum atomic E-state index is -0.0181. The van der Waals surface area contributed by atoms with Crippen molar-refractivity contribution >= 4 is 35.1 Å². The number of aromatic nitrogens is 3. The normalized spacial score (nSPS) is 16.8. The van der Waals surface area contributed by atoms with Crippen molar-refractivity contribution in [3.63, 3.8) is 0 Å². The van der Waals surface area contributed by atoms with Gasteiger partial charge in [0.25, 0.3) is 0 Å². The Hall–Kier alpha value is -2.31. The average Bonchev–Trinajstić information content (AvgIpc) is 2.92. The van der Waals surface area contributed by atoms with Crippen molar-refractivity contribution in [2.45, 2.75) is 11.8 Å². The number of anilines is 1. The molecule has 5 nitrogen and oxygen atoms in total. The Morgan fingerprint density at radius 2 is 2.08 bits per heavy atom. The van der Waals surface area contributed by atoms with Gasteiger partial charge in [0, 0.05) is 23.0 Å². The lowest BCUT2D eigenvalue weighted by Gasteiger charge is -2.13. The maximum Gasteiger partial charge on any atom is 0.235 e. The fourth-order valence-corrected chi connectivity index (χ4v) is 4.03. The van der Waals surface area contributed by atoms with Crippen molar-refractivity contribution in [1.82, 2.24) is 14.8 Å². The molecule has 0 saturated carbocycles. The highest BCUT2D eigenvalue weighted by atomic mass is 35.5. The van der Waals surface area contributed by atoms with E-state index in [2.05, 4.69) is 15.4 Å². The van der Waals surface area contributed by atoms with Crippen LogP contribution in [0.3, 0.4) is 0 Å². The third-order valence-corrected chi connectivity index (χ3v) is 5.56. The highest BCUT2D eigenvalue weighted by Gasteiger charge is 2.27. The molecule has 3 heterocycles. The molecule has 2 aromatic heterocycles. The van der Waals surface area contributed by atoms with E-state index in [4.69, 9.17) is 11.6 Å². The van der Waals surface area contributed by atoms with Gasteiger partial charge in [-0.3, -0.25) is 9.78 Å². The van der Waals surface area contributed by atoms with Crippen LogP contribution in [0.5, 0.6) is 0 Å². The van der Waals surface area contributed by atoms with Crippen LogP contribution >= 0.6 is 23.4 Å². The third-order valence-electron chi connectivity index (χ3n) is 4.02. The van der Waals surface area contributed by atoms with Gasteiger partial charge in [0.05, 0.1) is 23.7 Å². The highest BCUT2D eigenvalue weighted by molar-refractivity contribution is 8.00. The number of nitrogens with zero attached hydrogens (tertiary/aromatic N) is 3. The lowest BCUT2D eigenvalue weighted by Crippen LogP contribution is -2.16. The van der Waals surface area contributed by atoms with Gasteiger partial charge in [0.1, 0.15) is 5.82 Å². The van der Waals surface area contributed by atoms with E-state index in [-0.39, 0.29) is 11.2 Å². The van der Waals surface area contributed by atoms with E-state index in [9.17, 15) is 4.79 Å². The number of rotatable bonds is 3. The zero-order chi connectivity index (χ0) is 17.2. The van der Waals surface area contributed by atoms with Gasteiger partial charge in [0.2, 0.25) is 5.91 Å². The van der Waals surface area contributed by atoms with Crippen LogP contribution in [0.1, 0.15) is 21.9 Å². The van der Waals surface area contributed by atoms with Gasteiger partial charge in [-0.25, -0.2) is 4.68 Å². The Balaban J connectivity index is 1.71. The Kier molecular flexibility index (Phi) is 4.46. The second-order valence-corrected chi connectivity index (χ2v) is 7.29. The summed E-state index contributed by atoms with van der Waals surface area (Å²) in [5.74, 6) is 1.13. The van der Waals surface area contributed by atoms with Gasteiger partial charge < -0.3 is 5.32 Å². The number of pyridine rings is 1. The summed E-state index contributed by atoms with van der Waals surface area (Å²) in [6.45, 7) is 0.567. The molecule has 7 heteroatoms. The van der Waals surface area contributed by atoms with Crippen molar-refractivity contribution < 1.29 is 4.79 Å². The summed E-state index contributed by atoms with van der Waals surface area (Å²) < 4.78 is 1.83.